The van der Waals surface area contributed by atoms with E-state index in [1.807, 2.05) is 40.1 Å². The van der Waals surface area contributed by atoms with Crippen molar-refractivity contribution in [3.8, 4) is 5.69 Å². The van der Waals surface area contributed by atoms with Gasteiger partial charge in [-0.2, -0.15) is 4.68 Å². The van der Waals surface area contributed by atoms with E-state index < -0.39 is 6.10 Å². The first-order valence-electron chi connectivity index (χ1n) is 8.90. The third-order valence-electron chi connectivity index (χ3n) is 4.89. The van der Waals surface area contributed by atoms with E-state index in [4.69, 9.17) is 4.74 Å². The number of hydrogen-bond acceptors (Lipinski definition) is 7. The second-order valence-electron chi connectivity index (χ2n) is 6.66. The Bertz CT molecular complexity index is 743. The third-order valence-corrected chi connectivity index (χ3v) is 4.89. The van der Waals surface area contributed by atoms with Crippen molar-refractivity contribution >= 4 is 11.9 Å². The van der Waals surface area contributed by atoms with Crippen molar-refractivity contribution in [2.24, 2.45) is 0 Å². The Kier molecular flexibility index (Phi) is 4.81. The summed E-state index contributed by atoms with van der Waals surface area (Å²) in [5.41, 5.74) is 0.890. The van der Waals surface area contributed by atoms with Crippen molar-refractivity contribution in [3.05, 3.63) is 30.3 Å². The fourth-order valence-corrected chi connectivity index (χ4v) is 3.33. The smallest absolute Gasteiger partial charge is 0.253 e. The summed E-state index contributed by atoms with van der Waals surface area (Å²) in [7, 11) is 2.07. The molecule has 1 aromatic heterocycles. The van der Waals surface area contributed by atoms with Crippen LogP contribution in [0.3, 0.4) is 0 Å². The van der Waals surface area contributed by atoms with E-state index in [9.17, 15) is 4.79 Å². The lowest BCUT2D eigenvalue weighted by Gasteiger charge is -2.38. The molecule has 2 saturated heterocycles. The molecule has 0 radical (unpaired) electrons. The highest BCUT2D eigenvalue weighted by Gasteiger charge is 2.33. The van der Waals surface area contributed by atoms with Crippen LogP contribution < -0.4 is 4.90 Å². The lowest BCUT2D eigenvalue weighted by atomic mass is 10.2. The third kappa shape index (κ3) is 3.40. The van der Waals surface area contributed by atoms with Crippen molar-refractivity contribution < 1.29 is 9.53 Å². The minimum absolute atomic E-state index is 0.0570. The molecule has 1 atom stereocenters. The zero-order chi connectivity index (χ0) is 17.9. The zero-order valence-corrected chi connectivity index (χ0v) is 14.9. The fourth-order valence-electron chi connectivity index (χ4n) is 3.33. The van der Waals surface area contributed by atoms with Crippen molar-refractivity contribution in [3.63, 3.8) is 0 Å². The maximum absolute atomic E-state index is 12.8. The molecule has 1 amide bonds. The largest absolute Gasteiger partial charge is 0.365 e. The van der Waals surface area contributed by atoms with Gasteiger partial charge in [0.15, 0.2) is 6.10 Å². The van der Waals surface area contributed by atoms with E-state index in [1.165, 1.54) is 0 Å². The predicted octanol–water partition coefficient (Wildman–Crippen LogP) is -0.358. The number of amides is 1. The number of nitrogens with zero attached hydrogens (tertiary/aromatic N) is 7. The highest BCUT2D eigenvalue weighted by atomic mass is 16.5. The Balaban J connectivity index is 1.48. The number of morpholine rings is 1. The molecule has 0 aliphatic carbocycles. The summed E-state index contributed by atoms with van der Waals surface area (Å²) in [6.07, 6.45) is -0.479. The van der Waals surface area contributed by atoms with Crippen LogP contribution in [0.1, 0.15) is 0 Å². The standard InChI is InChI=1S/C17H23N7O2/c1-21-7-9-22(10-8-21)16(25)15-13-23(11-12-26-15)17-18-19-20-24(17)14-5-3-2-4-6-14/h2-6,15H,7-13H2,1H3/t15-/m1/s1. The van der Waals surface area contributed by atoms with Gasteiger partial charge in [0.05, 0.1) is 18.8 Å². The number of benzene rings is 1. The minimum Gasteiger partial charge on any atom is -0.365 e. The minimum atomic E-state index is -0.479. The lowest BCUT2D eigenvalue weighted by molar-refractivity contribution is -0.146. The van der Waals surface area contributed by atoms with Crippen LogP contribution in [0.15, 0.2) is 30.3 Å². The first-order valence-corrected chi connectivity index (χ1v) is 8.90. The second-order valence-corrected chi connectivity index (χ2v) is 6.66. The Morgan fingerprint density at radius 1 is 1.12 bits per heavy atom. The lowest BCUT2D eigenvalue weighted by Crippen LogP contribution is -2.55. The van der Waals surface area contributed by atoms with E-state index in [0.717, 1.165) is 31.9 Å². The number of aromatic nitrogens is 4. The number of carbonyl (C=O) groups excluding carboxylic acids is 1. The first-order chi connectivity index (χ1) is 12.7. The number of carbonyl (C=O) groups is 1. The van der Waals surface area contributed by atoms with Gasteiger partial charge >= 0.3 is 0 Å². The van der Waals surface area contributed by atoms with E-state index in [0.29, 0.717) is 25.6 Å². The highest BCUT2D eigenvalue weighted by Crippen LogP contribution is 2.19. The number of para-hydroxylation sites is 1. The molecular weight excluding hydrogens is 334 g/mol. The van der Waals surface area contributed by atoms with Gasteiger partial charge in [0.2, 0.25) is 0 Å². The summed E-state index contributed by atoms with van der Waals surface area (Å²) in [5.74, 6) is 0.692. The molecule has 9 nitrogen and oxygen atoms in total. The maximum Gasteiger partial charge on any atom is 0.253 e. The summed E-state index contributed by atoms with van der Waals surface area (Å²) in [4.78, 5) is 19.0. The number of ether oxygens (including phenoxy) is 1. The Morgan fingerprint density at radius 2 is 1.88 bits per heavy atom. The average Bonchev–Trinajstić information content (AvgIpc) is 3.19. The SMILES string of the molecule is CN1CCN(C(=O)[C@H]2CN(c3nnnn3-c3ccccc3)CCO2)CC1. The molecule has 9 heteroatoms. The average molecular weight is 357 g/mol. The molecule has 0 bridgehead atoms. The van der Waals surface area contributed by atoms with Crippen LogP contribution in [0.2, 0.25) is 0 Å². The molecule has 3 heterocycles. The van der Waals surface area contributed by atoms with Gasteiger partial charge in [0.1, 0.15) is 0 Å². The van der Waals surface area contributed by atoms with Crippen molar-refractivity contribution in [1.82, 2.24) is 30.0 Å². The summed E-state index contributed by atoms with van der Waals surface area (Å²) in [6, 6.07) is 9.74. The van der Waals surface area contributed by atoms with Crippen LogP contribution in [0, 0.1) is 0 Å². The van der Waals surface area contributed by atoms with Crippen LogP contribution in [0.25, 0.3) is 5.69 Å². The normalized spacial score (nSPS) is 21.8. The Labute approximate surface area is 152 Å². The fraction of sp³-hybridized carbons (Fsp3) is 0.529. The number of piperazine rings is 1. The molecule has 0 unspecified atom stereocenters. The molecule has 138 valence electrons. The molecule has 0 N–H and O–H groups in total. The van der Waals surface area contributed by atoms with Crippen LogP contribution in [0.4, 0.5) is 5.95 Å². The van der Waals surface area contributed by atoms with E-state index in [2.05, 4.69) is 27.5 Å². The molecule has 0 spiro atoms. The number of hydrogen-bond donors (Lipinski definition) is 0. The maximum atomic E-state index is 12.8. The van der Waals surface area contributed by atoms with Gasteiger partial charge < -0.3 is 19.4 Å². The highest BCUT2D eigenvalue weighted by molar-refractivity contribution is 5.82. The Hall–Kier alpha value is -2.52. The van der Waals surface area contributed by atoms with Gasteiger partial charge in [-0.15, -0.1) is 0 Å². The van der Waals surface area contributed by atoms with Crippen molar-refractivity contribution in [2.45, 2.75) is 6.10 Å². The number of rotatable bonds is 3. The second kappa shape index (κ2) is 7.38. The van der Waals surface area contributed by atoms with Gasteiger partial charge in [0, 0.05) is 32.7 Å². The zero-order valence-electron chi connectivity index (χ0n) is 14.9. The number of anilines is 1. The van der Waals surface area contributed by atoms with Crippen molar-refractivity contribution in [1.29, 1.82) is 0 Å². The molecule has 4 rings (SSSR count). The summed E-state index contributed by atoms with van der Waals surface area (Å²) in [5, 5.41) is 12.1. The molecule has 1 aromatic carbocycles. The van der Waals surface area contributed by atoms with Crippen molar-refractivity contribution in [2.75, 3.05) is 57.8 Å². The van der Waals surface area contributed by atoms with E-state index >= 15 is 0 Å². The molecule has 26 heavy (non-hydrogen) atoms. The van der Waals surface area contributed by atoms with Gasteiger partial charge in [-0.05, 0) is 29.6 Å². The summed E-state index contributed by atoms with van der Waals surface area (Å²) < 4.78 is 7.47. The summed E-state index contributed by atoms with van der Waals surface area (Å²) >= 11 is 0. The number of likely N-dealkylation sites (N-methyl/N-ethyl adjacent to an activating group) is 1. The Morgan fingerprint density at radius 3 is 2.65 bits per heavy atom. The first kappa shape index (κ1) is 16.9. The van der Waals surface area contributed by atoms with Gasteiger partial charge in [-0.1, -0.05) is 23.3 Å². The molecule has 2 aliphatic heterocycles. The van der Waals surface area contributed by atoms with Crippen LogP contribution in [0.5, 0.6) is 0 Å². The van der Waals surface area contributed by atoms with E-state index in [-0.39, 0.29) is 5.91 Å². The molecule has 2 fully saturated rings. The molecular formula is C17H23N7O2. The van der Waals surface area contributed by atoms with Gasteiger partial charge in [-0.25, -0.2) is 0 Å². The van der Waals surface area contributed by atoms with Crippen LogP contribution >= 0.6 is 0 Å². The topological polar surface area (TPSA) is 79.6 Å². The van der Waals surface area contributed by atoms with Crippen LogP contribution in [-0.4, -0.2) is 94.9 Å². The number of tetrazole rings is 1. The predicted molar refractivity (Wildman–Crippen MR) is 95.2 cm³/mol. The molecule has 2 aliphatic rings. The van der Waals surface area contributed by atoms with Gasteiger partial charge in [0.25, 0.3) is 11.9 Å². The van der Waals surface area contributed by atoms with Gasteiger partial charge in [-0.3, -0.25) is 4.79 Å². The monoisotopic (exact) mass is 357 g/mol. The van der Waals surface area contributed by atoms with Crippen LogP contribution in [-0.2, 0) is 9.53 Å². The van der Waals surface area contributed by atoms with E-state index in [1.54, 1.807) is 4.68 Å². The molecule has 0 saturated carbocycles. The molecule has 2 aromatic rings. The quantitative estimate of drug-likeness (QED) is 0.742. The summed E-state index contributed by atoms with van der Waals surface area (Å²) in [6.45, 7) is 4.88.